The summed E-state index contributed by atoms with van der Waals surface area (Å²) in [6.07, 6.45) is 3.38. The van der Waals surface area contributed by atoms with Crippen LogP contribution in [-0.2, 0) is 4.79 Å². The number of aromatic nitrogens is 4. The molecule has 8 heteroatoms. The maximum absolute atomic E-state index is 13.0. The molecule has 0 spiro atoms. The van der Waals surface area contributed by atoms with Gasteiger partial charge in [-0.2, -0.15) is 5.10 Å². The summed E-state index contributed by atoms with van der Waals surface area (Å²) in [4.78, 5) is 19.2. The van der Waals surface area contributed by atoms with E-state index >= 15 is 0 Å². The van der Waals surface area contributed by atoms with Crippen molar-refractivity contribution in [2.24, 2.45) is 5.73 Å². The van der Waals surface area contributed by atoms with E-state index < -0.39 is 0 Å². The van der Waals surface area contributed by atoms with Gasteiger partial charge in [0.1, 0.15) is 17.2 Å². The lowest BCUT2D eigenvalue weighted by Crippen LogP contribution is -2.10. The second-order valence-corrected chi connectivity index (χ2v) is 5.60. The van der Waals surface area contributed by atoms with Crippen LogP contribution in [0.25, 0.3) is 16.7 Å². The molecule has 2 aromatic heterocycles. The fourth-order valence-corrected chi connectivity index (χ4v) is 2.87. The number of carbonyl (C=O) groups is 1. The number of nitrogens with two attached hydrogens (primary N) is 1. The van der Waals surface area contributed by atoms with E-state index in [0.29, 0.717) is 17.1 Å². The van der Waals surface area contributed by atoms with Gasteiger partial charge in [-0.25, -0.2) is 19.0 Å². The van der Waals surface area contributed by atoms with Gasteiger partial charge in [0.2, 0.25) is 5.91 Å². The van der Waals surface area contributed by atoms with E-state index in [-0.39, 0.29) is 18.1 Å². The molecule has 0 saturated carbocycles. The van der Waals surface area contributed by atoms with Crippen molar-refractivity contribution < 1.29 is 9.18 Å². The first-order valence-electron chi connectivity index (χ1n) is 6.51. The van der Waals surface area contributed by atoms with Gasteiger partial charge in [-0.05, 0) is 24.3 Å². The molecule has 0 aliphatic rings. The Morgan fingerprint density at radius 3 is 2.77 bits per heavy atom. The van der Waals surface area contributed by atoms with Gasteiger partial charge in [0.25, 0.3) is 0 Å². The highest BCUT2D eigenvalue weighted by molar-refractivity contribution is 7.99. The molecule has 112 valence electrons. The van der Waals surface area contributed by atoms with Crippen molar-refractivity contribution in [2.45, 2.75) is 11.4 Å². The van der Waals surface area contributed by atoms with Crippen molar-refractivity contribution in [2.75, 3.05) is 5.75 Å². The van der Waals surface area contributed by atoms with Gasteiger partial charge < -0.3 is 5.73 Å². The third-order valence-electron chi connectivity index (χ3n) is 2.99. The van der Waals surface area contributed by atoms with Crippen molar-refractivity contribution in [1.29, 1.82) is 0 Å². The molecule has 0 saturated heterocycles. The molecule has 0 fully saturated rings. The van der Waals surface area contributed by atoms with Gasteiger partial charge >= 0.3 is 0 Å². The van der Waals surface area contributed by atoms with E-state index in [1.54, 1.807) is 23.0 Å². The monoisotopic (exact) mass is 317 g/mol. The van der Waals surface area contributed by atoms with Crippen molar-refractivity contribution in [1.82, 2.24) is 19.7 Å². The predicted octanol–water partition coefficient (Wildman–Crippen LogP) is 1.92. The first kappa shape index (κ1) is 14.5. The Hall–Kier alpha value is -2.48. The highest BCUT2D eigenvalue weighted by atomic mass is 32.2. The third-order valence-corrected chi connectivity index (χ3v) is 3.99. The van der Waals surface area contributed by atoms with Gasteiger partial charge in [-0.1, -0.05) is 0 Å². The summed E-state index contributed by atoms with van der Waals surface area (Å²) in [7, 11) is 0. The lowest BCUT2D eigenvalue weighted by atomic mass is 10.3. The number of thioether (sulfide) groups is 1. The summed E-state index contributed by atoms with van der Waals surface area (Å²) in [6, 6.07) is 5.99. The number of halogens is 1. The molecular formula is C14H12FN5OS. The SMILES string of the molecule is NC(=O)CCSc1ncnc2c1cnn2-c1ccc(F)cc1. The topological polar surface area (TPSA) is 86.7 Å². The molecule has 0 radical (unpaired) electrons. The maximum Gasteiger partial charge on any atom is 0.218 e. The second kappa shape index (κ2) is 6.10. The lowest BCUT2D eigenvalue weighted by Gasteiger charge is -2.04. The Balaban J connectivity index is 1.94. The number of carbonyl (C=O) groups excluding carboxylic acids is 1. The average molecular weight is 317 g/mol. The molecule has 0 aliphatic heterocycles. The number of nitrogens with zero attached hydrogens (tertiary/aromatic N) is 4. The molecule has 3 aromatic rings. The van der Waals surface area contributed by atoms with E-state index in [2.05, 4.69) is 15.1 Å². The summed E-state index contributed by atoms with van der Waals surface area (Å²) in [5.41, 5.74) is 6.47. The van der Waals surface area contributed by atoms with Crippen LogP contribution in [0.4, 0.5) is 4.39 Å². The molecule has 0 bridgehead atoms. The van der Waals surface area contributed by atoms with Crippen LogP contribution in [0, 0.1) is 5.82 Å². The van der Waals surface area contributed by atoms with Crippen molar-refractivity contribution in [3.63, 3.8) is 0 Å². The number of rotatable bonds is 5. The van der Waals surface area contributed by atoms with Gasteiger partial charge in [0.15, 0.2) is 5.65 Å². The number of hydrogen-bond acceptors (Lipinski definition) is 5. The number of fused-ring (bicyclic) bond motifs is 1. The molecule has 6 nitrogen and oxygen atoms in total. The fraction of sp³-hybridized carbons (Fsp3) is 0.143. The summed E-state index contributed by atoms with van der Waals surface area (Å²) in [5.74, 6) is -0.110. The number of hydrogen-bond donors (Lipinski definition) is 1. The lowest BCUT2D eigenvalue weighted by molar-refractivity contribution is -0.117. The quantitative estimate of drug-likeness (QED) is 0.574. The van der Waals surface area contributed by atoms with Crippen LogP contribution >= 0.6 is 11.8 Å². The first-order chi connectivity index (χ1) is 10.6. The maximum atomic E-state index is 13.0. The molecule has 0 atom stereocenters. The molecule has 1 aromatic carbocycles. The first-order valence-corrected chi connectivity index (χ1v) is 7.49. The standard InChI is InChI=1S/C14H12FN5OS/c15-9-1-3-10(4-2-9)20-13-11(7-19-20)14(18-8-17-13)22-6-5-12(16)21/h1-4,7-8H,5-6H2,(H2,16,21). The van der Waals surface area contributed by atoms with E-state index in [1.807, 2.05) is 0 Å². The molecule has 3 rings (SSSR count). The molecule has 0 aliphatic carbocycles. The minimum Gasteiger partial charge on any atom is -0.370 e. The van der Waals surface area contributed by atoms with Crippen LogP contribution < -0.4 is 5.73 Å². The van der Waals surface area contributed by atoms with Crippen molar-refractivity contribution >= 4 is 28.7 Å². The normalized spacial score (nSPS) is 11.0. The van der Waals surface area contributed by atoms with Gasteiger partial charge in [-0.15, -0.1) is 11.8 Å². The minimum absolute atomic E-state index is 0.280. The summed E-state index contributed by atoms with van der Waals surface area (Å²) in [5, 5.41) is 5.80. The fourth-order valence-electron chi connectivity index (χ4n) is 1.96. The zero-order valence-corrected chi connectivity index (χ0v) is 12.3. The zero-order valence-electron chi connectivity index (χ0n) is 11.4. The molecule has 0 unspecified atom stereocenters. The van der Waals surface area contributed by atoms with Crippen LogP contribution in [0.3, 0.4) is 0 Å². The molecule has 22 heavy (non-hydrogen) atoms. The van der Waals surface area contributed by atoms with E-state index in [4.69, 9.17) is 5.73 Å². The van der Waals surface area contributed by atoms with Crippen LogP contribution in [-0.4, -0.2) is 31.4 Å². The Morgan fingerprint density at radius 2 is 2.05 bits per heavy atom. The second-order valence-electron chi connectivity index (χ2n) is 4.51. The Bertz CT molecular complexity index is 818. The highest BCUT2D eigenvalue weighted by Gasteiger charge is 2.11. The number of amides is 1. The Labute approximate surface area is 129 Å². The average Bonchev–Trinajstić information content (AvgIpc) is 2.92. The van der Waals surface area contributed by atoms with Crippen LogP contribution in [0.2, 0.25) is 0 Å². The Morgan fingerprint density at radius 1 is 1.27 bits per heavy atom. The zero-order chi connectivity index (χ0) is 15.5. The third kappa shape index (κ3) is 2.91. The number of primary amides is 1. The van der Waals surface area contributed by atoms with Gasteiger partial charge in [0, 0.05) is 12.2 Å². The molecule has 1 amide bonds. The summed E-state index contributed by atoms with van der Waals surface area (Å²) >= 11 is 1.42. The molecule has 2 N–H and O–H groups in total. The van der Waals surface area contributed by atoms with Crippen LogP contribution in [0.15, 0.2) is 41.8 Å². The summed E-state index contributed by atoms with van der Waals surface area (Å²) < 4.78 is 14.6. The Kier molecular flexibility index (Phi) is 4.01. The van der Waals surface area contributed by atoms with Gasteiger partial charge in [0.05, 0.1) is 17.3 Å². The smallest absolute Gasteiger partial charge is 0.218 e. The van der Waals surface area contributed by atoms with Crippen molar-refractivity contribution in [3.8, 4) is 5.69 Å². The van der Waals surface area contributed by atoms with E-state index in [0.717, 1.165) is 10.4 Å². The van der Waals surface area contributed by atoms with Crippen LogP contribution in [0.5, 0.6) is 0 Å². The predicted molar refractivity (Wildman–Crippen MR) is 81.2 cm³/mol. The van der Waals surface area contributed by atoms with Crippen LogP contribution in [0.1, 0.15) is 6.42 Å². The molecular weight excluding hydrogens is 305 g/mol. The highest BCUT2D eigenvalue weighted by Crippen LogP contribution is 2.26. The number of benzene rings is 1. The van der Waals surface area contributed by atoms with E-state index in [9.17, 15) is 9.18 Å². The van der Waals surface area contributed by atoms with Gasteiger partial charge in [-0.3, -0.25) is 4.79 Å². The van der Waals surface area contributed by atoms with E-state index in [1.165, 1.54) is 30.2 Å². The minimum atomic E-state index is -0.347. The van der Waals surface area contributed by atoms with Crippen molar-refractivity contribution in [3.05, 3.63) is 42.6 Å². The summed E-state index contributed by atoms with van der Waals surface area (Å²) in [6.45, 7) is 0. The largest absolute Gasteiger partial charge is 0.370 e. The molecule has 2 heterocycles.